The van der Waals surface area contributed by atoms with Crippen LogP contribution in [0, 0.1) is 0 Å². The molecule has 1 amide bonds. The van der Waals surface area contributed by atoms with Gasteiger partial charge in [-0.15, -0.1) is 0 Å². The third-order valence-electron chi connectivity index (χ3n) is 4.98. The third kappa shape index (κ3) is 3.82. The summed E-state index contributed by atoms with van der Waals surface area (Å²) in [6.45, 7) is 1.86. The Bertz CT molecular complexity index is 1000. The van der Waals surface area contributed by atoms with Gasteiger partial charge < -0.3 is 15.0 Å². The molecule has 0 aliphatic carbocycles. The molecule has 1 aliphatic rings. The molecule has 3 aromatic carbocycles. The van der Waals surface area contributed by atoms with Crippen molar-refractivity contribution in [3.05, 3.63) is 88.4 Å². The Balaban J connectivity index is 1.45. The van der Waals surface area contributed by atoms with Gasteiger partial charge in [-0.05, 0) is 53.9 Å². The number of hydrogen-bond donors (Lipinski definition) is 1. The molecule has 1 aliphatic heterocycles. The number of rotatable bonds is 5. The van der Waals surface area contributed by atoms with Gasteiger partial charge in [0, 0.05) is 29.4 Å². The van der Waals surface area contributed by atoms with Gasteiger partial charge in [-0.1, -0.05) is 41.9 Å². The number of ether oxygens (including phenoxy) is 1. The van der Waals surface area contributed by atoms with Crippen LogP contribution in [-0.2, 0) is 13.0 Å². The van der Waals surface area contributed by atoms with Crippen molar-refractivity contribution in [1.82, 2.24) is 0 Å². The third-order valence-corrected chi connectivity index (χ3v) is 5.22. The van der Waals surface area contributed by atoms with E-state index in [1.807, 2.05) is 24.3 Å². The predicted octanol–water partition coefficient (Wildman–Crippen LogP) is 5.16. The topological polar surface area (TPSA) is 41.6 Å². The van der Waals surface area contributed by atoms with Gasteiger partial charge in [0.2, 0.25) is 0 Å². The van der Waals surface area contributed by atoms with Crippen LogP contribution in [0.5, 0.6) is 5.75 Å². The summed E-state index contributed by atoms with van der Waals surface area (Å²) in [6.07, 6.45) is 1.08. The number of para-hydroxylation sites is 1. The van der Waals surface area contributed by atoms with Crippen molar-refractivity contribution in [3.8, 4) is 5.75 Å². The van der Waals surface area contributed by atoms with Gasteiger partial charge >= 0.3 is 0 Å². The van der Waals surface area contributed by atoms with E-state index in [-0.39, 0.29) is 5.91 Å². The van der Waals surface area contributed by atoms with Crippen molar-refractivity contribution >= 4 is 28.9 Å². The van der Waals surface area contributed by atoms with Gasteiger partial charge in [0.05, 0.1) is 12.8 Å². The number of amides is 1. The Morgan fingerprint density at radius 2 is 1.89 bits per heavy atom. The summed E-state index contributed by atoms with van der Waals surface area (Å²) in [5, 5.41) is 3.40. The largest absolute Gasteiger partial charge is 0.495 e. The van der Waals surface area contributed by atoms with E-state index >= 15 is 0 Å². The lowest BCUT2D eigenvalue weighted by Gasteiger charge is -2.19. The molecule has 4 rings (SSSR count). The Morgan fingerprint density at radius 1 is 1.11 bits per heavy atom. The first-order chi connectivity index (χ1) is 13.6. The average Bonchev–Trinajstić information content (AvgIpc) is 3.12. The number of nitrogens with one attached hydrogen (secondary N) is 1. The van der Waals surface area contributed by atoms with Crippen molar-refractivity contribution in [2.75, 3.05) is 23.9 Å². The lowest BCUT2D eigenvalue weighted by molar-refractivity contribution is 0.102. The maximum Gasteiger partial charge on any atom is 0.255 e. The Kier molecular flexibility index (Phi) is 5.22. The van der Waals surface area contributed by atoms with Crippen LogP contribution in [-0.4, -0.2) is 19.6 Å². The van der Waals surface area contributed by atoms with Crippen molar-refractivity contribution in [2.45, 2.75) is 13.0 Å². The van der Waals surface area contributed by atoms with Crippen LogP contribution in [0.4, 0.5) is 11.4 Å². The van der Waals surface area contributed by atoms with E-state index in [0.717, 1.165) is 19.5 Å². The first-order valence-corrected chi connectivity index (χ1v) is 9.58. The minimum atomic E-state index is -0.196. The van der Waals surface area contributed by atoms with E-state index in [4.69, 9.17) is 16.3 Å². The Labute approximate surface area is 169 Å². The minimum absolute atomic E-state index is 0.196. The second-order valence-electron chi connectivity index (χ2n) is 6.80. The molecule has 5 heteroatoms. The van der Waals surface area contributed by atoms with Crippen LogP contribution < -0.4 is 15.0 Å². The van der Waals surface area contributed by atoms with Gasteiger partial charge in [-0.25, -0.2) is 0 Å². The van der Waals surface area contributed by atoms with E-state index in [1.165, 1.54) is 16.8 Å². The first-order valence-electron chi connectivity index (χ1n) is 9.21. The molecule has 142 valence electrons. The molecule has 0 fully saturated rings. The molecule has 0 saturated carbocycles. The monoisotopic (exact) mass is 392 g/mol. The Hall–Kier alpha value is -2.98. The molecule has 1 heterocycles. The lowest BCUT2D eigenvalue weighted by atomic mass is 10.1. The van der Waals surface area contributed by atoms with Crippen LogP contribution in [0.1, 0.15) is 21.5 Å². The maximum absolute atomic E-state index is 12.6. The van der Waals surface area contributed by atoms with E-state index in [2.05, 4.69) is 34.5 Å². The van der Waals surface area contributed by atoms with Crippen LogP contribution in [0.3, 0.4) is 0 Å². The van der Waals surface area contributed by atoms with Gasteiger partial charge in [0.25, 0.3) is 5.91 Å². The van der Waals surface area contributed by atoms with E-state index in [1.54, 1.807) is 25.3 Å². The number of carbonyl (C=O) groups excluding carboxylic acids is 1. The highest BCUT2D eigenvalue weighted by molar-refractivity contribution is 6.31. The van der Waals surface area contributed by atoms with Crippen LogP contribution in [0.25, 0.3) is 0 Å². The fourth-order valence-corrected chi connectivity index (χ4v) is 3.70. The molecule has 3 aromatic rings. The van der Waals surface area contributed by atoms with E-state index in [9.17, 15) is 4.79 Å². The van der Waals surface area contributed by atoms with Crippen LogP contribution >= 0.6 is 11.6 Å². The highest BCUT2D eigenvalue weighted by atomic mass is 35.5. The first kappa shape index (κ1) is 18.4. The maximum atomic E-state index is 12.6. The SMILES string of the molecule is COc1ccc(Cl)cc1NC(=O)c1ccc(CN2CCc3ccccc32)cc1. The molecule has 1 N–H and O–H groups in total. The van der Waals surface area contributed by atoms with Gasteiger partial charge in [-0.3, -0.25) is 4.79 Å². The standard InChI is InChI=1S/C23H21ClN2O2/c1-28-22-11-10-19(24)14-20(22)25-23(27)18-8-6-16(7-9-18)15-26-13-12-17-4-2-3-5-21(17)26/h2-11,14H,12-13,15H2,1H3,(H,25,27). The predicted molar refractivity (Wildman–Crippen MR) is 114 cm³/mol. The number of methoxy groups -OCH3 is 1. The zero-order chi connectivity index (χ0) is 19.5. The zero-order valence-corrected chi connectivity index (χ0v) is 16.4. The summed E-state index contributed by atoms with van der Waals surface area (Å²) >= 11 is 6.03. The molecule has 0 aromatic heterocycles. The second-order valence-corrected chi connectivity index (χ2v) is 7.23. The fourth-order valence-electron chi connectivity index (χ4n) is 3.53. The molecule has 0 atom stereocenters. The summed E-state index contributed by atoms with van der Waals surface area (Å²) in [5.41, 5.74) is 5.02. The van der Waals surface area contributed by atoms with Gasteiger partial charge in [0.15, 0.2) is 0 Å². The molecule has 0 bridgehead atoms. The second kappa shape index (κ2) is 7.95. The smallest absolute Gasteiger partial charge is 0.255 e. The minimum Gasteiger partial charge on any atom is -0.495 e. The summed E-state index contributed by atoms with van der Waals surface area (Å²) in [4.78, 5) is 15.0. The molecule has 0 unspecified atom stereocenters. The Morgan fingerprint density at radius 3 is 2.68 bits per heavy atom. The normalized spacial score (nSPS) is 12.6. The fraction of sp³-hybridized carbons (Fsp3) is 0.174. The molecular formula is C23H21ClN2O2. The highest BCUT2D eigenvalue weighted by Gasteiger charge is 2.18. The average molecular weight is 393 g/mol. The van der Waals surface area contributed by atoms with Crippen molar-refractivity contribution in [2.24, 2.45) is 0 Å². The van der Waals surface area contributed by atoms with Crippen molar-refractivity contribution in [1.29, 1.82) is 0 Å². The van der Waals surface area contributed by atoms with Crippen molar-refractivity contribution < 1.29 is 9.53 Å². The number of benzene rings is 3. The highest BCUT2D eigenvalue weighted by Crippen LogP contribution is 2.30. The molecule has 0 radical (unpaired) electrons. The van der Waals surface area contributed by atoms with E-state index < -0.39 is 0 Å². The van der Waals surface area contributed by atoms with Gasteiger partial charge in [0.1, 0.15) is 5.75 Å². The zero-order valence-electron chi connectivity index (χ0n) is 15.6. The number of carbonyl (C=O) groups is 1. The number of fused-ring (bicyclic) bond motifs is 1. The summed E-state index contributed by atoms with van der Waals surface area (Å²) in [7, 11) is 1.56. The quantitative estimate of drug-likeness (QED) is 0.651. The van der Waals surface area contributed by atoms with E-state index in [0.29, 0.717) is 22.0 Å². The number of nitrogens with zero attached hydrogens (tertiary/aromatic N) is 1. The number of anilines is 2. The molecular weight excluding hydrogens is 372 g/mol. The summed E-state index contributed by atoms with van der Waals surface area (Å²) in [5.74, 6) is 0.376. The number of halogens is 1. The summed E-state index contributed by atoms with van der Waals surface area (Å²) in [6, 6.07) is 21.4. The lowest BCUT2D eigenvalue weighted by Crippen LogP contribution is -2.19. The van der Waals surface area contributed by atoms with Crippen LogP contribution in [0.2, 0.25) is 5.02 Å². The molecule has 28 heavy (non-hydrogen) atoms. The van der Waals surface area contributed by atoms with Crippen LogP contribution in [0.15, 0.2) is 66.7 Å². The molecule has 0 saturated heterocycles. The molecule has 0 spiro atoms. The summed E-state index contributed by atoms with van der Waals surface area (Å²) < 4.78 is 5.28. The van der Waals surface area contributed by atoms with Gasteiger partial charge in [-0.2, -0.15) is 0 Å². The molecule has 4 nitrogen and oxygen atoms in total. The number of hydrogen-bond acceptors (Lipinski definition) is 3. The van der Waals surface area contributed by atoms with Crippen molar-refractivity contribution in [3.63, 3.8) is 0 Å².